The summed E-state index contributed by atoms with van der Waals surface area (Å²) >= 11 is 0. The van der Waals surface area contributed by atoms with E-state index in [1.807, 2.05) is 0 Å². The second kappa shape index (κ2) is 5.02. The summed E-state index contributed by atoms with van der Waals surface area (Å²) in [6, 6.07) is 33.0. The summed E-state index contributed by atoms with van der Waals surface area (Å²) in [7, 11) is 0. The van der Waals surface area contributed by atoms with Gasteiger partial charge in [0.05, 0.1) is 0 Å². The van der Waals surface area contributed by atoms with Gasteiger partial charge < -0.3 is 0 Å². The van der Waals surface area contributed by atoms with Gasteiger partial charge in [-0.2, -0.15) is 0 Å². The normalized spacial score (nSPS) is 27.6. The summed E-state index contributed by atoms with van der Waals surface area (Å²) in [5, 5.41) is 4.14. The van der Waals surface area contributed by atoms with Crippen molar-refractivity contribution in [3.8, 4) is 0 Å². The van der Waals surface area contributed by atoms with Crippen LogP contribution in [-0.2, 0) is 4.52 Å². The van der Waals surface area contributed by atoms with Gasteiger partial charge in [0.2, 0.25) is 0 Å². The molecule has 1 aliphatic carbocycles. The van der Waals surface area contributed by atoms with Crippen LogP contribution < -0.4 is 15.9 Å². The molecule has 1 aliphatic heterocycles. The number of hydrogen-bond donors (Lipinski definition) is 0. The molecule has 0 bridgehead atoms. The van der Waals surface area contributed by atoms with Crippen molar-refractivity contribution >= 4 is 22.7 Å². The van der Waals surface area contributed by atoms with E-state index in [1.165, 1.54) is 22.3 Å². The molecule has 1 saturated carbocycles. The maximum atomic E-state index is 6.98. The van der Waals surface area contributed by atoms with Crippen LogP contribution in [0.25, 0.3) is 0 Å². The van der Waals surface area contributed by atoms with E-state index >= 15 is 0 Å². The van der Waals surface area contributed by atoms with Gasteiger partial charge in [0.25, 0.3) is 0 Å². The van der Waals surface area contributed by atoms with Crippen LogP contribution in [0.2, 0.25) is 0 Å². The molecule has 2 heteroatoms. The first kappa shape index (κ1) is 14.4. The van der Waals surface area contributed by atoms with Crippen LogP contribution in [-0.4, -0.2) is 12.3 Å². The molecule has 2 atom stereocenters. The summed E-state index contributed by atoms with van der Waals surface area (Å²) in [6.45, 7) is -1.96. The van der Waals surface area contributed by atoms with E-state index in [1.54, 1.807) is 0 Å². The molecule has 1 nitrogen and oxygen atoms in total. The van der Waals surface area contributed by atoms with Gasteiger partial charge in [-0.25, -0.2) is 0 Å². The first-order valence-corrected chi connectivity index (χ1v) is 10.9. The number of hydrogen-bond acceptors (Lipinski definition) is 1. The first-order valence-electron chi connectivity index (χ1n) is 8.69. The first-order chi connectivity index (χ1) is 11.9. The van der Waals surface area contributed by atoms with E-state index in [0.717, 1.165) is 6.61 Å². The van der Waals surface area contributed by atoms with Crippen LogP contribution in [0.4, 0.5) is 0 Å². The van der Waals surface area contributed by atoms with Gasteiger partial charge in [0.1, 0.15) is 0 Å². The standard InChI is InChI=1S/C22H21OP/c1-4-10-19(11-5-1)24(20-12-6-2-7-13-20,21-14-8-3-9-15-21)22-16-18(22)17-23-24/h1-15,18,22H,16-17H2/t18-,22-/m0/s1. The molecule has 0 amide bonds. The Balaban J connectivity index is 1.94. The molecule has 120 valence electrons. The van der Waals surface area contributed by atoms with Crippen molar-refractivity contribution in [2.75, 3.05) is 6.61 Å². The van der Waals surface area contributed by atoms with Gasteiger partial charge in [0.15, 0.2) is 0 Å². The minimum atomic E-state index is -2.85. The molecular formula is C22H21OP. The van der Waals surface area contributed by atoms with Crippen LogP contribution in [0.1, 0.15) is 6.42 Å². The predicted molar refractivity (Wildman–Crippen MR) is 103 cm³/mol. The third kappa shape index (κ3) is 1.62. The van der Waals surface area contributed by atoms with Crippen LogP contribution >= 0.6 is 6.83 Å². The Morgan fingerprint density at radius 1 is 0.625 bits per heavy atom. The van der Waals surface area contributed by atoms with Crippen molar-refractivity contribution in [2.24, 2.45) is 5.92 Å². The fourth-order valence-corrected chi connectivity index (χ4v) is 11.8. The predicted octanol–water partition coefficient (Wildman–Crippen LogP) is 3.85. The van der Waals surface area contributed by atoms with E-state index in [4.69, 9.17) is 4.52 Å². The van der Waals surface area contributed by atoms with Crippen LogP contribution in [0.15, 0.2) is 91.0 Å². The summed E-state index contributed by atoms with van der Waals surface area (Å²) in [5.74, 6) is 0.711. The fraction of sp³-hybridized carbons (Fsp3) is 0.182. The van der Waals surface area contributed by atoms with Crippen molar-refractivity contribution in [2.45, 2.75) is 12.1 Å². The molecule has 0 unspecified atom stereocenters. The second-order valence-electron chi connectivity index (χ2n) is 6.97. The quantitative estimate of drug-likeness (QED) is 0.662. The average molecular weight is 332 g/mol. The Labute approximate surface area is 143 Å². The number of benzene rings is 3. The Kier molecular flexibility index (Phi) is 3.01. The zero-order valence-electron chi connectivity index (χ0n) is 13.6. The van der Waals surface area contributed by atoms with Crippen LogP contribution in [0, 0.1) is 5.92 Å². The molecule has 2 aliphatic rings. The van der Waals surface area contributed by atoms with Gasteiger partial charge in [-0.05, 0) is 0 Å². The Bertz CT molecular complexity index is 761. The van der Waals surface area contributed by atoms with Crippen molar-refractivity contribution in [3.05, 3.63) is 91.0 Å². The molecule has 3 aromatic rings. The van der Waals surface area contributed by atoms with Crippen molar-refractivity contribution in [3.63, 3.8) is 0 Å². The molecule has 0 aromatic heterocycles. The van der Waals surface area contributed by atoms with Gasteiger partial charge in [-0.3, -0.25) is 0 Å². The van der Waals surface area contributed by atoms with E-state index < -0.39 is 6.83 Å². The van der Waals surface area contributed by atoms with Gasteiger partial charge in [-0.15, -0.1) is 0 Å². The molecule has 1 saturated heterocycles. The van der Waals surface area contributed by atoms with Crippen molar-refractivity contribution in [1.29, 1.82) is 0 Å². The molecule has 0 radical (unpaired) electrons. The van der Waals surface area contributed by atoms with E-state index in [9.17, 15) is 0 Å². The molecule has 3 aromatic carbocycles. The van der Waals surface area contributed by atoms with Crippen molar-refractivity contribution < 1.29 is 4.52 Å². The molecular weight excluding hydrogens is 311 g/mol. The summed E-state index contributed by atoms with van der Waals surface area (Å²) in [6.07, 6.45) is 1.29. The zero-order valence-corrected chi connectivity index (χ0v) is 14.5. The zero-order chi connectivity index (χ0) is 16.1. The van der Waals surface area contributed by atoms with Crippen LogP contribution in [0.3, 0.4) is 0 Å². The average Bonchev–Trinajstić information content (AvgIpc) is 3.39. The van der Waals surface area contributed by atoms with Crippen molar-refractivity contribution in [1.82, 2.24) is 0 Å². The van der Waals surface area contributed by atoms with Gasteiger partial charge in [0, 0.05) is 0 Å². The molecule has 0 spiro atoms. The SMILES string of the molecule is c1ccc(P2(c3ccccc3)(c3ccccc3)OC[C@@H]3C[C@@H]32)cc1. The molecule has 5 rings (SSSR count). The minimum absolute atomic E-state index is 0.628. The van der Waals surface area contributed by atoms with Gasteiger partial charge in [-0.1, -0.05) is 0 Å². The maximum absolute atomic E-state index is 6.98. The molecule has 0 N–H and O–H groups in total. The Hall–Kier alpha value is -1.95. The molecule has 1 heterocycles. The number of fused-ring (bicyclic) bond motifs is 1. The molecule has 2 fully saturated rings. The summed E-state index contributed by atoms with van der Waals surface area (Å²) in [4.78, 5) is 0. The molecule has 24 heavy (non-hydrogen) atoms. The third-order valence-electron chi connectivity index (χ3n) is 5.88. The van der Waals surface area contributed by atoms with Gasteiger partial charge >= 0.3 is 143 Å². The topological polar surface area (TPSA) is 9.23 Å². The Morgan fingerprint density at radius 3 is 1.33 bits per heavy atom. The third-order valence-corrected chi connectivity index (χ3v) is 12.4. The van der Waals surface area contributed by atoms with E-state index in [2.05, 4.69) is 91.0 Å². The monoisotopic (exact) mass is 332 g/mol. The van der Waals surface area contributed by atoms with E-state index in [-0.39, 0.29) is 0 Å². The second-order valence-corrected chi connectivity index (χ2v) is 11.6. The van der Waals surface area contributed by atoms with E-state index in [0.29, 0.717) is 11.6 Å². The number of rotatable bonds is 3. The van der Waals surface area contributed by atoms with Crippen LogP contribution in [0.5, 0.6) is 0 Å². The summed E-state index contributed by atoms with van der Waals surface area (Å²) < 4.78 is 6.98. The Morgan fingerprint density at radius 2 is 1.04 bits per heavy atom. The summed E-state index contributed by atoms with van der Waals surface area (Å²) in [5.41, 5.74) is 0.628. The fourth-order valence-electron chi connectivity index (χ4n) is 4.78.